The molecule has 0 bridgehead atoms. The number of hydrogen-bond acceptors (Lipinski definition) is 14. The molecule has 1 aromatic carbocycles. The highest BCUT2D eigenvalue weighted by Gasteiger charge is 2.50. The van der Waals surface area contributed by atoms with Crippen molar-refractivity contribution in [2.45, 2.75) is 108 Å². The van der Waals surface area contributed by atoms with Crippen molar-refractivity contribution in [3.8, 4) is 0 Å². The molecule has 2 unspecified atom stereocenters. The van der Waals surface area contributed by atoms with Gasteiger partial charge in [0.1, 0.15) is 12.1 Å². The number of nitrogens with two attached hydrogens (primary N) is 1. The molecule has 4 fully saturated rings. The standard InChI is InChI=1S/C49H67F3N10O8/c1-30(2)59(3)40-28-62(42(63)14-18-68-20-22-70-23-21-69-19-16-55-48(67)36-26-43(64)60(4)44(36)31-8-6-15-54-27-31)39(25-35(40)46(53)66)33-9-5-10-38(45(33)65)61-17-7-11-41(61)58-47-34-24-32(49(50,51)52)12-13-37(34)56-29-57-47/h6,8,12-13,15,24,27,29-30,33,35-36,38-41,44H,5,7,9-11,14,16-23,25-26,28H2,1-4H3,(H2,53,66)(H,55,67)(H,56,57,58)/t33-,35?,36+,38+,39+,40+,41?,44-/m1/s1. The van der Waals surface area contributed by atoms with Gasteiger partial charge in [0.2, 0.25) is 23.6 Å². The van der Waals surface area contributed by atoms with Gasteiger partial charge in [-0.15, -0.1) is 0 Å². The molecule has 7 rings (SSSR count). The van der Waals surface area contributed by atoms with E-state index < -0.39 is 47.5 Å². The average Bonchev–Trinajstić information content (AvgIpc) is 3.93. The Labute approximate surface area is 406 Å². The predicted molar refractivity (Wildman–Crippen MR) is 251 cm³/mol. The number of likely N-dealkylation sites (N-methyl/N-ethyl adjacent to an activating group) is 1. The van der Waals surface area contributed by atoms with Gasteiger partial charge < -0.3 is 40.4 Å². The van der Waals surface area contributed by atoms with Gasteiger partial charge in [-0.1, -0.05) is 12.5 Å². The molecule has 0 spiro atoms. The second-order valence-corrected chi connectivity index (χ2v) is 19.1. The maximum Gasteiger partial charge on any atom is 0.416 e. The Kier molecular flexibility index (Phi) is 17.8. The van der Waals surface area contributed by atoms with Gasteiger partial charge in [-0.2, -0.15) is 13.2 Å². The molecule has 18 nitrogen and oxygen atoms in total. The van der Waals surface area contributed by atoms with Crippen molar-refractivity contribution in [1.29, 1.82) is 0 Å². The van der Waals surface area contributed by atoms with Crippen molar-refractivity contribution in [2.75, 3.05) is 78.7 Å². The van der Waals surface area contributed by atoms with Crippen molar-refractivity contribution in [1.82, 2.24) is 39.9 Å². The highest BCUT2D eigenvalue weighted by molar-refractivity contribution is 5.91. The molecule has 3 aromatic rings. The van der Waals surface area contributed by atoms with Gasteiger partial charge in [0.25, 0.3) is 0 Å². The van der Waals surface area contributed by atoms with Crippen molar-refractivity contribution >= 4 is 46.1 Å². The van der Waals surface area contributed by atoms with E-state index in [2.05, 4.69) is 35.4 Å². The van der Waals surface area contributed by atoms with Crippen LogP contribution in [-0.4, -0.2) is 168 Å². The number of anilines is 1. The van der Waals surface area contributed by atoms with Crippen LogP contribution >= 0.6 is 0 Å². The van der Waals surface area contributed by atoms with Crippen LogP contribution in [0.25, 0.3) is 10.9 Å². The van der Waals surface area contributed by atoms with Crippen molar-refractivity contribution < 1.29 is 51.4 Å². The number of alkyl halides is 3. The number of ketones is 1. The number of Topliss-reactive ketones (excluding diaryl/α,β-unsaturated/α-hetero) is 1. The van der Waals surface area contributed by atoms with E-state index in [1.165, 1.54) is 12.4 Å². The van der Waals surface area contributed by atoms with E-state index in [1.807, 2.05) is 27.0 Å². The summed E-state index contributed by atoms with van der Waals surface area (Å²) < 4.78 is 58.2. The maximum atomic E-state index is 14.8. The number of carbonyl (C=O) groups excluding carboxylic acids is 5. The van der Waals surface area contributed by atoms with Crippen molar-refractivity contribution in [3.63, 3.8) is 0 Å². The van der Waals surface area contributed by atoms with Gasteiger partial charge >= 0.3 is 6.18 Å². The molecule has 0 radical (unpaired) electrons. The van der Waals surface area contributed by atoms with E-state index in [4.69, 9.17) is 19.9 Å². The molecule has 4 N–H and O–H groups in total. The van der Waals surface area contributed by atoms with E-state index in [0.717, 1.165) is 24.1 Å². The molecule has 3 aliphatic heterocycles. The lowest BCUT2D eigenvalue weighted by Crippen LogP contribution is -2.64. The minimum atomic E-state index is -4.55. The lowest BCUT2D eigenvalue weighted by Gasteiger charge is -2.50. The highest BCUT2D eigenvalue weighted by atomic mass is 19.4. The summed E-state index contributed by atoms with van der Waals surface area (Å²) in [6.07, 6.45) is 3.29. The molecule has 5 heterocycles. The molecule has 21 heteroatoms. The van der Waals surface area contributed by atoms with Gasteiger partial charge in [0.05, 0.1) is 87.2 Å². The molecule has 4 aliphatic rings. The Morgan fingerprint density at radius 2 is 1.70 bits per heavy atom. The van der Waals surface area contributed by atoms with Crippen LogP contribution in [0, 0.1) is 17.8 Å². The third kappa shape index (κ3) is 12.4. The third-order valence-electron chi connectivity index (χ3n) is 14.6. The molecule has 3 saturated heterocycles. The number of fused-ring (bicyclic) bond motifs is 1. The Morgan fingerprint density at radius 3 is 2.40 bits per heavy atom. The minimum Gasteiger partial charge on any atom is -0.379 e. The molecular weight excluding hydrogens is 914 g/mol. The fourth-order valence-electron chi connectivity index (χ4n) is 10.7. The normalized spacial score (nSPS) is 25.6. The zero-order valence-corrected chi connectivity index (χ0v) is 40.4. The summed E-state index contributed by atoms with van der Waals surface area (Å²) in [5.74, 6) is -2.47. The summed E-state index contributed by atoms with van der Waals surface area (Å²) in [7, 11) is 3.60. The fourth-order valence-corrected chi connectivity index (χ4v) is 10.7. The average molecular weight is 981 g/mol. The monoisotopic (exact) mass is 981 g/mol. The van der Waals surface area contributed by atoms with Crippen molar-refractivity contribution in [2.24, 2.45) is 23.5 Å². The molecular formula is C49H67F3N10O8. The van der Waals surface area contributed by atoms with Crippen LogP contribution < -0.4 is 16.4 Å². The van der Waals surface area contributed by atoms with Crippen LogP contribution in [0.5, 0.6) is 0 Å². The lowest BCUT2D eigenvalue weighted by molar-refractivity contribution is -0.150. The van der Waals surface area contributed by atoms with Gasteiger partial charge in [0.15, 0.2) is 5.78 Å². The van der Waals surface area contributed by atoms with Crippen molar-refractivity contribution in [3.05, 3.63) is 60.2 Å². The second kappa shape index (κ2) is 23.7. The summed E-state index contributed by atoms with van der Waals surface area (Å²) in [5, 5.41) is 6.45. The summed E-state index contributed by atoms with van der Waals surface area (Å²) >= 11 is 0. The Bertz CT molecular complexity index is 2290. The number of pyridine rings is 1. The quantitative estimate of drug-likeness (QED) is 0.130. The summed E-state index contributed by atoms with van der Waals surface area (Å²) in [4.78, 5) is 87.7. The fraction of sp³-hybridized carbons (Fsp3) is 0.633. The number of nitrogens with one attached hydrogen (secondary N) is 2. The number of halogens is 3. The SMILES string of the molecule is CC(C)N(C)[C@H]1CN(C(=O)CCOCCOCCOCCNC(=O)[C@H]2CC(=O)N(C)[C@@H]2c2cccnc2)[C@H]([C@H]2CCC[C@H](N3CCCC3Nc3ncnc4ccc(C(F)(F)F)cc34)C2=O)CC1C(N)=O. The maximum absolute atomic E-state index is 14.8. The van der Waals surface area contributed by atoms with Crippen LogP contribution in [0.4, 0.5) is 19.0 Å². The number of carbonyl (C=O) groups is 5. The zero-order chi connectivity index (χ0) is 50.1. The number of likely N-dealkylation sites (tertiary alicyclic amines) is 3. The van der Waals surface area contributed by atoms with Gasteiger partial charge in [-0.3, -0.25) is 38.8 Å². The van der Waals surface area contributed by atoms with E-state index in [9.17, 15) is 37.1 Å². The summed E-state index contributed by atoms with van der Waals surface area (Å²) in [6, 6.07) is 5.20. The summed E-state index contributed by atoms with van der Waals surface area (Å²) in [5.41, 5.74) is 6.42. The van der Waals surface area contributed by atoms with Gasteiger partial charge in [-0.05, 0) is 82.8 Å². The molecule has 1 aliphatic carbocycles. The first-order chi connectivity index (χ1) is 33.5. The second-order valence-electron chi connectivity index (χ2n) is 19.1. The van der Waals surface area contributed by atoms with Crippen LogP contribution in [0.15, 0.2) is 49.1 Å². The van der Waals surface area contributed by atoms with Gasteiger partial charge in [0, 0.05) is 74.9 Å². The number of primary amides is 1. The van der Waals surface area contributed by atoms with E-state index in [1.54, 1.807) is 35.3 Å². The number of benzene rings is 1. The molecule has 4 amide bonds. The van der Waals surface area contributed by atoms with Crippen LogP contribution in [-0.2, 0) is 44.4 Å². The number of aromatic nitrogens is 3. The molecule has 8 atom stereocenters. The lowest BCUT2D eigenvalue weighted by atomic mass is 9.72. The first-order valence-corrected chi connectivity index (χ1v) is 24.4. The Balaban J connectivity index is 0.896. The van der Waals surface area contributed by atoms with E-state index in [0.29, 0.717) is 37.7 Å². The van der Waals surface area contributed by atoms with E-state index in [-0.39, 0.29) is 131 Å². The summed E-state index contributed by atoms with van der Waals surface area (Å²) in [6.45, 7) is 6.51. The molecule has 382 valence electrons. The zero-order valence-electron chi connectivity index (χ0n) is 40.4. The van der Waals surface area contributed by atoms with Crippen LogP contribution in [0.2, 0.25) is 0 Å². The van der Waals surface area contributed by atoms with Crippen LogP contribution in [0.1, 0.15) is 82.4 Å². The number of nitrogens with zero attached hydrogens (tertiary/aromatic N) is 7. The minimum absolute atomic E-state index is 0.0274. The highest BCUT2D eigenvalue weighted by Crippen LogP contribution is 2.40. The first-order valence-electron chi connectivity index (χ1n) is 24.4. The largest absolute Gasteiger partial charge is 0.416 e. The van der Waals surface area contributed by atoms with E-state index >= 15 is 0 Å². The Hall–Kier alpha value is -5.35. The smallest absolute Gasteiger partial charge is 0.379 e. The number of rotatable bonds is 21. The number of piperidine rings is 1. The van der Waals surface area contributed by atoms with Gasteiger partial charge in [-0.25, -0.2) is 9.97 Å². The van der Waals surface area contributed by atoms with Crippen LogP contribution in [0.3, 0.4) is 0 Å². The molecule has 70 heavy (non-hydrogen) atoms. The number of amides is 4. The molecule has 2 aromatic heterocycles. The molecule has 1 saturated carbocycles. The first kappa shape index (κ1) is 52.5. The number of ether oxygens (including phenoxy) is 3. The number of hydrogen-bond donors (Lipinski definition) is 3. The Morgan fingerprint density at radius 1 is 0.957 bits per heavy atom. The topological polar surface area (TPSA) is 215 Å². The predicted octanol–water partition coefficient (Wildman–Crippen LogP) is 3.80. The third-order valence-corrected chi connectivity index (χ3v) is 14.6.